The van der Waals surface area contributed by atoms with Crippen LogP contribution in [0, 0.1) is 0 Å². The number of ether oxygens (including phenoxy) is 2. The average Bonchev–Trinajstić information content (AvgIpc) is 2.46. The number of nitrogens with two attached hydrogens (primary N) is 1. The quantitative estimate of drug-likeness (QED) is 0.911. The van der Waals surface area contributed by atoms with Crippen molar-refractivity contribution in [2.75, 3.05) is 13.7 Å². The lowest BCUT2D eigenvalue weighted by Gasteiger charge is -2.14. The summed E-state index contributed by atoms with van der Waals surface area (Å²) >= 11 is 5.83. The third-order valence-electron chi connectivity index (χ3n) is 2.79. The normalized spacial score (nSPS) is 11.9. The molecule has 0 spiro atoms. The van der Waals surface area contributed by atoms with Gasteiger partial charge in [0.15, 0.2) is 0 Å². The number of hydrogen-bond donors (Lipinski definition) is 1. The van der Waals surface area contributed by atoms with Crippen LogP contribution in [-0.4, -0.2) is 13.7 Å². The van der Waals surface area contributed by atoms with Gasteiger partial charge >= 0.3 is 0 Å². The van der Waals surface area contributed by atoms with Crippen molar-refractivity contribution in [2.24, 2.45) is 5.73 Å². The lowest BCUT2D eigenvalue weighted by Crippen LogP contribution is -2.18. The van der Waals surface area contributed by atoms with E-state index in [-0.39, 0.29) is 6.04 Å². The first-order chi connectivity index (χ1) is 9.19. The molecule has 0 radical (unpaired) electrons. The minimum absolute atomic E-state index is 0.181. The zero-order valence-corrected chi connectivity index (χ0v) is 11.4. The Labute approximate surface area is 117 Å². The topological polar surface area (TPSA) is 44.5 Å². The number of hydrogen-bond acceptors (Lipinski definition) is 3. The first-order valence-corrected chi connectivity index (χ1v) is 6.35. The van der Waals surface area contributed by atoms with E-state index in [1.165, 1.54) is 0 Å². The summed E-state index contributed by atoms with van der Waals surface area (Å²) in [5.41, 5.74) is 7.05. The summed E-state index contributed by atoms with van der Waals surface area (Å²) in [4.78, 5) is 0. The molecule has 2 N–H and O–H groups in total. The van der Waals surface area contributed by atoms with E-state index < -0.39 is 0 Å². The Morgan fingerprint density at radius 2 is 1.58 bits per heavy atom. The summed E-state index contributed by atoms with van der Waals surface area (Å²) in [5, 5.41) is 0.701. The van der Waals surface area contributed by atoms with Crippen molar-refractivity contribution >= 4 is 11.6 Å². The molecule has 1 unspecified atom stereocenters. The van der Waals surface area contributed by atoms with Crippen molar-refractivity contribution in [3.63, 3.8) is 0 Å². The lowest BCUT2D eigenvalue weighted by molar-refractivity contribution is 0.290. The van der Waals surface area contributed by atoms with E-state index in [4.69, 9.17) is 26.8 Å². The van der Waals surface area contributed by atoms with Crippen LogP contribution in [0.2, 0.25) is 5.02 Å². The molecule has 0 bridgehead atoms. The molecule has 0 aliphatic rings. The number of methoxy groups -OCH3 is 1. The molecular weight excluding hydrogens is 262 g/mol. The smallest absolute Gasteiger partial charge is 0.119 e. The summed E-state index contributed by atoms with van der Waals surface area (Å²) in [7, 11) is 1.63. The molecule has 2 aromatic carbocycles. The molecule has 2 rings (SSSR count). The van der Waals surface area contributed by atoms with Gasteiger partial charge in [-0.2, -0.15) is 0 Å². The van der Waals surface area contributed by atoms with Crippen LogP contribution in [-0.2, 0) is 0 Å². The summed E-state index contributed by atoms with van der Waals surface area (Å²) in [6.07, 6.45) is 0. The van der Waals surface area contributed by atoms with Crippen molar-refractivity contribution in [3.8, 4) is 11.5 Å². The maximum absolute atomic E-state index is 6.06. The average molecular weight is 278 g/mol. The lowest BCUT2D eigenvalue weighted by atomic mass is 10.1. The van der Waals surface area contributed by atoms with Gasteiger partial charge in [0.05, 0.1) is 13.2 Å². The second kappa shape index (κ2) is 6.45. The number of rotatable bonds is 5. The standard InChI is InChI=1S/C15H16ClNO2/c1-18-13-6-8-14(9-7-13)19-10-15(17)11-2-4-12(16)5-3-11/h2-9,15H,10,17H2,1H3. The molecule has 100 valence electrons. The molecule has 0 fully saturated rings. The Morgan fingerprint density at radius 1 is 1.00 bits per heavy atom. The van der Waals surface area contributed by atoms with Crippen LogP contribution in [0.1, 0.15) is 11.6 Å². The highest BCUT2D eigenvalue weighted by Crippen LogP contribution is 2.19. The zero-order chi connectivity index (χ0) is 13.7. The van der Waals surface area contributed by atoms with E-state index >= 15 is 0 Å². The molecule has 0 heterocycles. The first-order valence-electron chi connectivity index (χ1n) is 5.97. The van der Waals surface area contributed by atoms with Gasteiger partial charge in [0, 0.05) is 5.02 Å². The van der Waals surface area contributed by atoms with E-state index in [1.54, 1.807) is 7.11 Å². The molecular formula is C15H16ClNO2. The Bertz CT molecular complexity index is 511. The van der Waals surface area contributed by atoms with Gasteiger partial charge in [0.25, 0.3) is 0 Å². The van der Waals surface area contributed by atoms with Crippen LogP contribution in [0.3, 0.4) is 0 Å². The van der Waals surface area contributed by atoms with E-state index in [1.807, 2.05) is 48.5 Å². The SMILES string of the molecule is COc1ccc(OCC(N)c2ccc(Cl)cc2)cc1. The third kappa shape index (κ3) is 3.88. The molecule has 19 heavy (non-hydrogen) atoms. The van der Waals surface area contributed by atoms with Gasteiger partial charge in [-0.1, -0.05) is 23.7 Å². The summed E-state index contributed by atoms with van der Waals surface area (Å²) in [6.45, 7) is 0.411. The van der Waals surface area contributed by atoms with Crippen molar-refractivity contribution in [1.82, 2.24) is 0 Å². The van der Waals surface area contributed by atoms with Crippen LogP contribution >= 0.6 is 11.6 Å². The Hall–Kier alpha value is -1.71. The van der Waals surface area contributed by atoms with Crippen molar-refractivity contribution < 1.29 is 9.47 Å². The van der Waals surface area contributed by atoms with Crippen LogP contribution in [0.5, 0.6) is 11.5 Å². The maximum Gasteiger partial charge on any atom is 0.119 e. The van der Waals surface area contributed by atoms with Crippen LogP contribution in [0.4, 0.5) is 0 Å². The highest BCUT2D eigenvalue weighted by atomic mass is 35.5. The van der Waals surface area contributed by atoms with Crippen molar-refractivity contribution in [2.45, 2.75) is 6.04 Å². The molecule has 0 aliphatic carbocycles. The predicted octanol–water partition coefficient (Wildman–Crippen LogP) is 3.43. The summed E-state index contributed by atoms with van der Waals surface area (Å²) < 4.78 is 10.7. The monoisotopic (exact) mass is 277 g/mol. The fourth-order valence-corrected chi connectivity index (χ4v) is 1.79. The van der Waals surface area contributed by atoms with Gasteiger partial charge in [-0.25, -0.2) is 0 Å². The van der Waals surface area contributed by atoms with Crippen LogP contribution in [0.15, 0.2) is 48.5 Å². The third-order valence-corrected chi connectivity index (χ3v) is 3.04. The van der Waals surface area contributed by atoms with Gasteiger partial charge in [-0.15, -0.1) is 0 Å². The molecule has 0 saturated carbocycles. The molecule has 4 heteroatoms. The minimum Gasteiger partial charge on any atom is -0.497 e. The molecule has 0 aliphatic heterocycles. The van der Waals surface area contributed by atoms with Gasteiger partial charge in [-0.05, 0) is 42.0 Å². The van der Waals surface area contributed by atoms with Crippen LogP contribution in [0.25, 0.3) is 0 Å². The molecule has 3 nitrogen and oxygen atoms in total. The van der Waals surface area contributed by atoms with E-state index in [2.05, 4.69) is 0 Å². The van der Waals surface area contributed by atoms with Gasteiger partial charge < -0.3 is 15.2 Å². The maximum atomic E-state index is 6.06. The molecule has 1 atom stereocenters. The fourth-order valence-electron chi connectivity index (χ4n) is 1.66. The summed E-state index contributed by atoms with van der Waals surface area (Å²) in [6, 6.07) is 14.7. The van der Waals surface area contributed by atoms with E-state index in [0.29, 0.717) is 11.6 Å². The summed E-state index contributed by atoms with van der Waals surface area (Å²) in [5.74, 6) is 1.57. The Morgan fingerprint density at radius 3 is 2.16 bits per heavy atom. The highest BCUT2D eigenvalue weighted by Gasteiger charge is 2.06. The van der Waals surface area contributed by atoms with Gasteiger partial charge in [0.2, 0.25) is 0 Å². The van der Waals surface area contributed by atoms with Crippen molar-refractivity contribution in [3.05, 3.63) is 59.1 Å². The minimum atomic E-state index is -0.181. The molecule has 0 saturated heterocycles. The Kier molecular flexibility index (Phi) is 4.66. The van der Waals surface area contributed by atoms with E-state index in [9.17, 15) is 0 Å². The fraction of sp³-hybridized carbons (Fsp3) is 0.200. The number of halogens is 1. The number of benzene rings is 2. The van der Waals surface area contributed by atoms with Crippen LogP contribution < -0.4 is 15.2 Å². The first kappa shape index (κ1) is 13.7. The highest BCUT2D eigenvalue weighted by molar-refractivity contribution is 6.30. The molecule has 0 aromatic heterocycles. The van der Waals surface area contributed by atoms with Gasteiger partial charge in [0.1, 0.15) is 18.1 Å². The zero-order valence-electron chi connectivity index (χ0n) is 10.7. The molecule has 2 aromatic rings. The van der Waals surface area contributed by atoms with Gasteiger partial charge in [-0.3, -0.25) is 0 Å². The van der Waals surface area contributed by atoms with E-state index in [0.717, 1.165) is 17.1 Å². The molecule has 0 amide bonds. The Balaban J connectivity index is 1.92. The van der Waals surface area contributed by atoms with Crippen molar-refractivity contribution in [1.29, 1.82) is 0 Å². The second-order valence-electron chi connectivity index (χ2n) is 4.14. The predicted molar refractivity (Wildman–Crippen MR) is 76.9 cm³/mol. The largest absolute Gasteiger partial charge is 0.497 e. The second-order valence-corrected chi connectivity index (χ2v) is 4.58.